The van der Waals surface area contributed by atoms with E-state index < -0.39 is 0 Å². The molecule has 104 valence electrons. The molecule has 4 heteroatoms. The molecule has 1 N–H and O–H groups in total. The van der Waals surface area contributed by atoms with Crippen molar-refractivity contribution in [1.29, 1.82) is 0 Å². The minimum atomic E-state index is 0.190. The van der Waals surface area contributed by atoms with Crippen LogP contribution in [0.1, 0.15) is 24.8 Å². The number of hydrogen-bond acceptors (Lipinski definition) is 2. The smallest absolute Gasteiger partial charge is 0.222 e. The van der Waals surface area contributed by atoms with E-state index in [9.17, 15) is 9.90 Å². The summed E-state index contributed by atoms with van der Waals surface area (Å²) in [5.74, 6) is 0.474. The lowest BCUT2D eigenvalue weighted by atomic mass is 9.98. The third kappa shape index (κ3) is 4.32. The fourth-order valence-electron chi connectivity index (χ4n) is 2.54. The molecular weight excluding hydrogens is 306 g/mol. The normalized spacial score (nSPS) is 19.5. The summed E-state index contributed by atoms with van der Waals surface area (Å²) in [6.07, 6.45) is 3.37. The minimum absolute atomic E-state index is 0.190. The summed E-state index contributed by atoms with van der Waals surface area (Å²) in [6, 6.07) is 8.08. The summed E-state index contributed by atoms with van der Waals surface area (Å²) in [4.78, 5) is 14.1. The third-order valence-electron chi connectivity index (χ3n) is 3.65. The van der Waals surface area contributed by atoms with Gasteiger partial charge in [-0.15, -0.1) is 0 Å². The maximum Gasteiger partial charge on any atom is 0.222 e. The molecule has 0 saturated carbocycles. The molecule has 1 heterocycles. The van der Waals surface area contributed by atoms with Crippen LogP contribution in [-0.2, 0) is 11.2 Å². The topological polar surface area (TPSA) is 40.5 Å². The predicted molar refractivity (Wildman–Crippen MR) is 78.9 cm³/mol. The van der Waals surface area contributed by atoms with Crippen LogP contribution in [0.5, 0.6) is 0 Å². The fourth-order valence-corrected chi connectivity index (χ4v) is 2.99. The number of nitrogens with zero attached hydrogens (tertiary/aromatic N) is 1. The Morgan fingerprint density at radius 3 is 3.05 bits per heavy atom. The van der Waals surface area contributed by atoms with Crippen LogP contribution in [0.4, 0.5) is 0 Å². The van der Waals surface area contributed by atoms with Gasteiger partial charge in [-0.05, 0) is 42.9 Å². The largest absolute Gasteiger partial charge is 0.396 e. The van der Waals surface area contributed by atoms with Crippen LogP contribution < -0.4 is 0 Å². The molecule has 1 fully saturated rings. The number of rotatable bonds is 4. The summed E-state index contributed by atoms with van der Waals surface area (Å²) in [5.41, 5.74) is 1.18. The number of aryl methyl sites for hydroxylation is 1. The van der Waals surface area contributed by atoms with Crippen molar-refractivity contribution in [3.05, 3.63) is 34.3 Å². The van der Waals surface area contributed by atoms with Crippen LogP contribution >= 0.6 is 15.9 Å². The van der Waals surface area contributed by atoms with Gasteiger partial charge in [-0.3, -0.25) is 4.79 Å². The average Bonchev–Trinajstić information content (AvgIpc) is 2.45. The first-order valence-corrected chi connectivity index (χ1v) is 7.61. The van der Waals surface area contributed by atoms with Gasteiger partial charge in [0, 0.05) is 30.6 Å². The van der Waals surface area contributed by atoms with Gasteiger partial charge in [-0.2, -0.15) is 0 Å². The van der Waals surface area contributed by atoms with E-state index in [4.69, 9.17) is 0 Å². The first-order chi connectivity index (χ1) is 9.19. The van der Waals surface area contributed by atoms with Crippen LogP contribution in [0.2, 0.25) is 0 Å². The molecule has 19 heavy (non-hydrogen) atoms. The zero-order valence-electron chi connectivity index (χ0n) is 11.0. The number of hydrogen-bond donors (Lipinski definition) is 1. The molecule has 0 aliphatic carbocycles. The molecule has 0 aromatic heterocycles. The Bertz CT molecular complexity index is 436. The first kappa shape index (κ1) is 14.5. The van der Waals surface area contributed by atoms with Gasteiger partial charge < -0.3 is 10.0 Å². The first-order valence-electron chi connectivity index (χ1n) is 6.82. The molecular formula is C15H20BrNO2. The number of benzene rings is 1. The number of halogens is 1. The van der Waals surface area contributed by atoms with E-state index in [1.165, 1.54) is 5.56 Å². The molecule has 0 spiro atoms. The molecule has 1 saturated heterocycles. The second-order valence-electron chi connectivity index (χ2n) is 5.16. The highest BCUT2D eigenvalue weighted by atomic mass is 79.9. The second-order valence-corrected chi connectivity index (χ2v) is 6.08. The minimum Gasteiger partial charge on any atom is -0.396 e. The molecule has 3 nitrogen and oxygen atoms in total. The lowest BCUT2D eigenvalue weighted by Gasteiger charge is -2.32. The molecule has 0 radical (unpaired) electrons. The van der Waals surface area contributed by atoms with Crippen LogP contribution in [-0.4, -0.2) is 35.6 Å². The molecule has 1 aliphatic rings. The SMILES string of the molecule is O=C(CCc1cccc(Br)c1)N1CCCC(CO)C1. The highest BCUT2D eigenvalue weighted by Crippen LogP contribution is 2.18. The average molecular weight is 326 g/mol. The van der Waals surface area contributed by atoms with Crippen LogP contribution in [0.25, 0.3) is 0 Å². The lowest BCUT2D eigenvalue weighted by Crippen LogP contribution is -2.41. The summed E-state index contributed by atoms with van der Waals surface area (Å²) in [5, 5.41) is 9.19. The van der Waals surface area contributed by atoms with E-state index in [-0.39, 0.29) is 18.4 Å². The van der Waals surface area contributed by atoms with Gasteiger partial charge in [-0.25, -0.2) is 0 Å². The molecule has 0 bridgehead atoms. The molecule has 1 aliphatic heterocycles. The lowest BCUT2D eigenvalue weighted by molar-refractivity contribution is -0.133. The highest BCUT2D eigenvalue weighted by molar-refractivity contribution is 9.10. The molecule has 1 aromatic rings. The van der Waals surface area contributed by atoms with E-state index in [0.717, 1.165) is 30.3 Å². The molecule has 1 amide bonds. The number of aliphatic hydroxyl groups is 1. The third-order valence-corrected chi connectivity index (χ3v) is 4.14. The Balaban J connectivity index is 1.84. The zero-order chi connectivity index (χ0) is 13.7. The van der Waals surface area contributed by atoms with E-state index >= 15 is 0 Å². The van der Waals surface area contributed by atoms with Gasteiger partial charge in [0.2, 0.25) is 5.91 Å². The highest BCUT2D eigenvalue weighted by Gasteiger charge is 2.22. The van der Waals surface area contributed by atoms with Crippen molar-refractivity contribution in [1.82, 2.24) is 4.90 Å². The van der Waals surface area contributed by atoms with Gasteiger partial charge in [0.05, 0.1) is 0 Å². The molecule has 1 atom stereocenters. The Kier molecular flexibility index (Phi) is 5.40. The number of carbonyl (C=O) groups is 1. The van der Waals surface area contributed by atoms with Crippen molar-refractivity contribution in [3.8, 4) is 0 Å². The van der Waals surface area contributed by atoms with Crippen LogP contribution in [0.3, 0.4) is 0 Å². The summed E-state index contributed by atoms with van der Waals surface area (Å²) in [6.45, 7) is 1.75. The Labute approximate surface area is 122 Å². The molecule has 1 unspecified atom stereocenters. The van der Waals surface area contributed by atoms with Crippen molar-refractivity contribution >= 4 is 21.8 Å². The Morgan fingerprint density at radius 2 is 2.32 bits per heavy atom. The van der Waals surface area contributed by atoms with Crippen molar-refractivity contribution in [2.24, 2.45) is 5.92 Å². The van der Waals surface area contributed by atoms with Crippen molar-refractivity contribution < 1.29 is 9.90 Å². The molecule has 1 aromatic carbocycles. The number of amides is 1. The molecule has 2 rings (SSSR count). The summed E-state index contributed by atoms with van der Waals surface area (Å²) >= 11 is 3.44. The van der Waals surface area contributed by atoms with E-state index in [1.54, 1.807) is 0 Å². The van der Waals surface area contributed by atoms with Gasteiger partial charge in [0.15, 0.2) is 0 Å². The maximum absolute atomic E-state index is 12.2. The standard InChI is InChI=1S/C15H20BrNO2/c16-14-5-1-3-12(9-14)6-7-15(19)17-8-2-4-13(10-17)11-18/h1,3,5,9,13,18H,2,4,6-8,10-11H2. The predicted octanol–water partition coefficient (Wildman–Crippen LogP) is 2.61. The van der Waals surface area contributed by atoms with Gasteiger partial charge in [0.25, 0.3) is 0 Å². The van der Waals surface area contributed by atoms with E-state index in [2.05, 4.69) is 22.0 Å². The summed E-state index contributed by atoms with van der Waals surface area (Å²) in [7, 11) is 0. The monoisotopic (exact) mass is 325 g/mol. The van der Waals surface area contributed by atoms with Crippen molar-refractivity contribution in [2.45, 2.75) is 25.7 Å². The Hall–Kier alpha value is -0.870. The number of likely N-dealkylation sites (tertiary alicyclic amines) is 1. The van der Waals surface area contributed by atoms with Crippen molar-refractivity contribution in [2.75, 3.05) is 19.7 Å². The maximum atomic E-state index is 12.2. The number of carbonyl (C=O) groups excluding carboxylic acids is 1. The van der Waals surface area contributed by atoms with Crippen LogP contribution in [0.15, 0.2) is 28.7 Å². The van der Waals surface area contributed by atoms with Gasteiger partial charge in [0.1, 0.15) is 0 Å². The summed E-state index contributed by atoms with van der Waals surface area (Å²) < 4.78 is 1.05. The van der Waals surface area contributed by atoms with Crippen LogP contribution in [0, 0.1) is 5.92 Å². The van der Waals surface area contributed by atoms with Crippen molar-refractivity contribution in [3.63, 3.8) is 0 Å². The Morgan fingerprint density at radius 1 is 1.47 bits per heavy atom. The zero-order valence-corrected chi connectivity index (χ0v) is 12.6. The van der Waals surface area contributed by atoms with E-state index in [1.807, 2.05) is 23.1 Å². The quantitative estimate of drug-likeness (QED) is 0.924. The van der Waals surface area contributed by atoms with E-state index in [0.29, 0.717) is 13.0 Å². The van der Waals surface area contributed by atoms with Gasteiger partial charge >= 0.3 is 0 Å². The number of piperidine rings is 1. The van der Waals surface area contributed by atoms with Gasteiger partial charge in [-0.1, -0.05) is 28.1 Å². The fraction of sp³-hybridized carbons (Fsp3) is 0.533. The number of aliphatic hydroxyl groups excluding tert-OH is 1. The second kappa shape index (κ2) is 7.06.